The number of ether oxygens (including phenoxy) is 4. The molecule has 2 N–H and O–H groups in total. The summed E-state index contributed by atoms with van der Waals surface area (Å²) in [6, 6.07) is 5.53. The normalized spacial score (nSPS) is 13.0. The molecule has 0 saturated heterocycles. The van der Waals surface area contributed by atoms with Gasteiger partial charge in [-0.05, 0) is 44.9 Å². The van der Waals surface area contributed by atoms with Gasteiger partial charge in [-0.3, -0.25) is 9.29 Å². The third-order valence-electron chi connectivity index (χ3n) is 5.14. The minimum absolute atomic E-state index is 0.0423. The van der Waals surface area contributed by atoms with Crippen molar-refractivity contribution in [3.8, 4) is 17.2 Å². The molecule has 2 atom stereocenters. The molecule has 1 unspecified atom stereocenters. The SMILES string of the molecule is COc1cccc(OC)c1-n1c(CCOCCO)nnc1NSC(C)[C@@H](OC(C)C)c1ncc(Cl)cn1. The van der Waals surface area contributed by atoms with E-state index in [0.29, 0.717) is 52.8 Å². The van der Waals surface area contributed by atoms with Crippen LogP contribution in [0.25, 0.3) is 5.69 Å². The van der Waals surface area contributed by atoms with Crippen molar-refractivity contribution in [2.75, 3.05) is 38.8 Å². The highest BCUT2D eigenvalue weighted by atomic mass is 35.5. The molecule has 2 heterocycles. The molecular weight excluding hydrogens is 520 g/mol. The maximum Gasteiger partial charge on any atom is 0.239 e. The van der Waals surface area contributed by atoms with Crippen molar-refractivity contribution < 1.29 is 24.1 Å². The van der Waals surface area contributed by atoms with Crippen molar-refractivity contribution >= 4 is 29.5 Å². The topological polar surface area (TPSA) is 126 Å². The number of aliphatic hydroxyl groups is 1. The first-order valence-electron chi connectivity index (χ1n) is 11.8. The molecule has 0 aliphatic heterocycles. The number of anilines is 1. The Hall–Kier alpha value is -2.64. The van der Waals surface area contributed by atoms with E-state index in [1.807, 2.05) is 43.5 Å². The highest BCUT2D eigenvalue weighted by Gasteiger charge is 2.27. The summed E-state index contributed by atoms with van der Waals surface area (Å²) in [4.78, 5) is 8.73. The van der Waals surface area contributed by atoms with Gasteiger partial charge in [0.05, 0.1) is 50.4 Å². The lowest BCUT2D eigenvalue weighted by Crippen LogP contribution is -2.23. The van der Waals surface area contributed by atoms with Gasteiger partial charge in [0.2, 0.25) is 5.95 Å². The highest BCUT2D eigenvalue weighted by molar-refractivity contribution is 8.01. The number of halogens is 1. The third kappa shape index (κ3) is 7.68. The molecular formula is C24H33ClN6O5S. The lowest BCUT2D eigenvalue weighted by Gasteiger charge is -2.25. The molecule has 0 aliphatic rings. The molecule has 11 nitrogen and oxygen atoms in total. The lowest BCUT2D eigenvalue weighted by atomic mass is 10.2. The fourth-order valence-corrected chi connectivity index (χ4v) is 4.34. The Kier molecular flexibility index (Phi) is 11.2. The fourth-order valence-electron chi connectivity index (χ4n) is 3.51. The molecule has 0 radical (unpaired) electrons. The first kappa shape index (κ1) is 28.9. The van der Waals surface area contributed by atoms with Gasteiger partial charge in [0.1, 0.15) is 29.1 Å². The fraction of sp³-hybridized carbons (Fsp3) is 0.500. The van der Waals surface area contributed by atoms with Crippen LogP contribution in [0, 0.1) is 0 Å². The van der Waals surface area contributed by atoms with Gasteiger partial charge in [-0.2, -0.15) is 0 Å². The van der Waals surface area contributed by atoms with Crippen molar-refractivity contribution in [1.82, 2.24) is 24.7 Å². The van der Waals surface area contributed by atoms with Crippen LogP contribution in [0.1, 0.15) is 38.5 Å². The second-order valence-electron chi connectivity index (χ2n) is 8.16. The standard InChI is InChI=1S/C24H33ClN6O5S/c1-15(2)36-22(23-26-13-17(25)14-27-23)16(3)37-30-24-29-28-20(9-11-35-12-10-32)31(24)21-18(33-4)7-6-8-19(21)34-5/h6-8,13-16,22,32H,9-12H2,1-5H3,(H,29,30)/t16?,22-/m1/s1. The van der Waals surface area contributed by atoms with Gasteiger partial charge in [-0.25, -0.2) is 9.97 Å². The van der Waals surface area contributed by atoms with E-state index in [1.54, 1.807) is 26.6 Å². The Bertz CT molecular complexity index is 1100. The molecule has 3 rings (SSSR count). The number of hydrogen-bond donors (Lipinski definition) is 2. The summed E-state index contributed by atoms with van der Waals surface area (Å²) < 4.78 is 28.1. The number of benzene rings is 1. The highest BCUT2D eigenvalue weighted by Crippen LogP contribution is 2.37. The largest absolute Gasteiger partial charge is 0.494 e. The summed E-state index contributed by atoms with van der Waals surface area (Å²) >= 11 is 7.38. The second kappa shape index (κ2) is 14.3. The molecule has 0 fully saturated rings. The van der Waals surface area contributed by atoms with Crippen LogP contribution < -0.4 is 14.2 Å². The Labute approximate surface area is 226 Å². The number of para-hydroxylation sites is 1. The first-order valence-corrected chi connectivity index (χ1v) is 13.0. The lowest BCUT2D eigenvalue weighted by molar-refractivity contribution is 0.00286. The van der Waals surface area contributed by atoms with Crippen molar-refractivity contribution in [2.45, 2.75) is 44.6 Å². The number of hydrogen-bond acceptors (Lipinski definition) is 11. The minimum atomic E-state index is -0.404. The molecule has 0 spiro atoms. The molecule has 3 aromatic rings. The van der Waals surface area contributed by atoms with E-state index in [2.05, 4.69) is 24.9 Å². The molecule has 0 amide bonds. The zero-order valence-corrected chi connectivity index (χ0v) is 23.1. The van der Waals surface area contributed by atoms with E-state index in [1.165, 1.54) is 11.9 Å². The molecule has 0 bridgehead atoms. The summed E-state index contributed by atoms with van der Waals surface area (Å²) in [6.45, 7) is 6.49. The van der Waals surface area contributed by atoms with Gasteiger partial charge in [-0.1, -0.05) is 17.7 Å². The van der Waals surface area contributed by atoms with Crippen molar-refractivity contribution in [2.24, 2.45) is 0 Å². The Balaban J connectivity index is 1.91. The van der Waals surface area contributed by atoms with Gasteiger partial charge in [0, 0.05) is 18.8 Å². The van der Waals surface area contributed by atoms with Crippen molar-refractivity contribution in [3.63, 3.8) is 0 Å². The van der Waals surface area contributed by atoms with Crippen molar-refractivity contribution in [3.05, 3.63) is 47.3 Å². The molecule has 2 aromatic heterocycles. The van der Waals surface area contributed by atoms with Crippen LogP contribution in [0.4, 0.5) is 5.95 Å². The predicted octanol–water partition coefficient (Wildman–Crippen LogP) is 3.89. The molecule has 13 heteroatoms. The number of nitrogens with one attached hydrogen (secondary N) is 1. The number of methoxy groups -OCH3 is 2. The summed E-state index contributed by atoms with van der Waals surface area (Å²) in [5.74, 6) is 2.82. The van der Waals surface area contributed by atoms with E-state index >= 15 is 0 Å². The molecule has 0 saturated carbocycles. The van der Waals surface area contributed by atoms with E-state index in [9.17, 15) is 0 Å². The smallest absolute Gasteiger partial charge is 0.239 e. The summed E-state index contributed by atoms with van der Waals surface area (Å²) in [6.07, 6.45) is 3.12. The molecule has 37 heavy (non-hydrogen) atoms. The van der Waals surface area contributed by atoms with Gasteiger partial charge in [0.25, 0.3) is 0 Å². The first-order chi connectivity index (χ1) is 17.9. The molecule has 1 aromatic carbocycles. The van der Waals surface area contributed by atoms with Crippen molar-refractivity contribution in [1.29, 1.82) is 0 Å². The maximum atomic E-state index is 9.02. The van der Waals surface area contributed by atoms with Crippen LogP contribution in [-0.2, 0) is 15.9 Å². The molecule has 202 valence electrons. The van der Waals surface area contributed by atoms with Crippen LogP contribution in [0.3, 0.4) is 0 Å². The van der Waals surface area contributed by atoms with E-state index < -0.39 is 6.10 Å². The van der Waals surface area contributed by atoms with Crippen LogP contribution in [0.5, 0.6) is 11.5 Å². The number of rotatable bonds is 15. The van der Waals surface area contributed by atoms with Gasteiger partial charge in [-0.15, -0.1) is 10.2 Å². The summed E-state index contributed by atoms with van der Waals surface area (Å²) in [7, 11) is 3.19. The van der Waals surface area contributed by atoms with Gasteiger partial charge in [0.15, 0.2) is 5.82 Å². The van der Waals surface area contributed by atoms with Crippen LogP contribution in [0.2, 0.25) is 5.02 Å². The van der Waals surface area contributed by atoms with Crippen LogP contribution in [0.15, 0.2) is 30.6 Å². The van der Waals surface area contributed by atoms with E-state index in [0.717, 1.165) is 0 Å². The van der Waals surface area contributed by atoms with Crippen LogP contribution in [-0.4, -0.2) is 75.2 Å². The van der Waals surface area contributed by atoms with E-state index in [-0.39, 0.29) is 24.6 Å². The van der Waals surface area contributed by atoms with E-state index in [4.69, 9.17) is 35.7 Å². The molecule has 0 aliphatic carbocycles. The second-order valence-corrected chi connectivity index (χ2v) is 9.78. The van der Waals surface area contributed by atoms with Gasteiger partial charge < -0.3 is 24.1 Å². The maximum absolute atomic E-state index is 9.02. The van der Waals surface area contributed by atoms with Crippen LogP contribution >= 0.6 is 23.5 Å². The predicted molar refractivity (Wildman–Crippen MR) is 143 cm³/mol. The number of aliphatic hydroxyl groups excluding tert-OH is 1. The third-order valence-corrected chi connectivity index (χ3v) is 6.25. The number of nitrogens with zero attached hydrogens (tertiary/aromatic N) is 5. The zero-order valence-electron chi connectivity index (χ0n) is 21.5. The zero-order chi connectivity index (χ0) is 26.8. The Morgan fingerprint density at radius 1 is 1.05 bits per heavy atom. The minimum Gasteiger partial charge on any atom is -0.494 e. The van der Waals surface area contributed by atoms with Gasteiger partial charge >= 0.3 is 0 Å². The average molecular weight is 553 g/mol. The summed E-state index contributed by atoms with van der Waals surface area (Å²) in [5, 5.41) is 18.1. The number of aromatic nitrogens is 5. The Morgan fingerprint density at radius 2 is 1.73 bits per heavy atom. The quantitative estimate of drug-likeness (QED) is 0.210. The average Bonchev–Trinajstić information content (AvgIpc) is 3.30. The summed E-state index contributed by atoms with van der Waals surface area (Å²) in [5.41, 5.74) is 0.654. The Morgan fingerprint density at radius 3 is 2.32 bits per heavy atom. The monoisotopic (exact) mass is 552 g/mol.